The molecule has 138 valence electrons. The fourth-order valence-electron chi connectivity index (χ4n) is 2.58. The topological polar surface area (TPSA) is 46.6 Å². The van der Waals surface area contributed by atoms with Gasteiger partial charge in [0.25, 0.3) is 0 Å². The van der Waals surface area contributed by atoms with Crippen molar-refractivity contribution in [2.75, 3.05) is 11.5 Å². The Kier molecular flexibility index (Phi) is 7.87. The van der Waals surface area contributed by atoms with E-state index in [1.165, 1.54) is 0 Å². The number of amides is 1. The van der Waals surface area contributed by atoms with Gasteiger partial charge in [-0.3, -0.25) is 14.5 Å². The van der Waals surface area contributed by atoms with E-state index in [1.807, 2.05) is 74.5 Å². The summed E-state index contributed by atoms with van der Waals surface area (Å²) in [5.74, 6) is 0.179. The Morgan fingerprint density at radius 2 is 1.35 bits per heavy atom. The summed E-state index contributed by atoms with van der Waals surface area (Å²) in [5.41, 5.74) is 1.69. The second-order valence-electron chi connectivity index (χ2n) is 6.68. The number of unbranched alkanes of at least 4 members (excludes halogenated alkanes) is 1. The number of rotatable bonds is 9. The second kappa shape index (κ2) is 10.4. The van der Waals surface area contributed by atoms with Crippen molar-refractivity contribution in [2.24, 2.45) is 5.92 Å². The van der Waals surface area contributed by atoms with Crippen molar-refractivity contribution < 1.29 is 14.3 Å². The molecule has 1 amide bonds. The van der Waals surface area contributed by atoms with Crippen LogP contribution in [-0.2, 0) is 14.3 Å². The van der Waals surface area contributed by atoms with Crippen molar-refractivity contribution in [3.05, 3.63) is 60.7 Å². The minimum Gasteiger partial charge on any atom is -0.465 e. The number of carbonyl (C=O) groups is 2. The van der Waals surface area contributed by atoms with E-state index in [-0.39, 0.29) is 11.9 Å². The van der Waals surface area contributed by atoms with E-state index in [1.54, 1.807) is 4.90 Å². The summed E-state index contributed by atoms with van der Waals surface area (Å²) in [6.45, 7) is 4.47. The highest BCUT2D eigenvalue weighted by Gasteiger charge is 2.17. The van der Waals surface area contributed by atoms with E-state index in [0.29, 0.717) is 38.2 Å². The van der Waals surface area contributed by atoms with Crippen LogP contribution in [-0.4, -0.2) is 18.5 Å². The van der Waals surface area contributed by atoms with Crippen LogP contribution in [0.1, 0.15) is 39.5 Å². The molecule has 0 bridgehead atoms. The van der Waals surface area contributed by atoms with E-state index >= 15 is 0 Å². The van der Waals surface area contributed by atoms with Crippen molar-refractivity contribution in [2.45, 2.75) is 39.5 Å². The van der Waals surface area contributed by atoms with Crippen LogP contribution in [0.3, 0.4) is 0 Å². The third-order valence-corrected chi connectivity index (χ3v) is 3.88. The summed E-state index contributed by atoms with van der Waals surface area (Å²) < 4.78 is 5.16. The summed E-state index contributed by atoms with van der Waals surface area (Å²) in [6, 6.07) is 19.2. The quantitative estimate of drug-likeness (QED) is 0.465. The molecule has 2 aromatic rings. The summed E-state index contributed by atoms with van der Waals surface area (Å²) in [7, 11) is 0. The van der Waals surface area contributed by atoms with Gasteiger partial charge in [0, 0.05) is 24.2 Å². The Morgan fingerprint density at radius 1 is 0.846 bits per heavy atom. The smallest absolute Gasteiger partial charge is 0.305 e. The zero-order valence-corrected chi connectivity index (χ0v) is 15.6. The molecule has 0 spiro atoms. The number of ether oxygens (including phenoxy) is 1. The van der Waals surface area contributed by atoms with Gasteiger partial charge in [0.1, 0.15) is 0 Å². The highest BCUT2D eigenvalue weighted by Crippen LogP contribution is 2.26. The monoisotopic (exact) mass is 353 g/mol. The Balaban J connectivity index is 1.91. The molecule has 0 atom stereocenters. The first-order chi connectivity index (χ1) is 12.6. The SMILES string of the molecule is CC(C)COC(=O)CCCCC(=O)N(c1ccccc1)c1ccccc1. The lowest BCUT2D eigenvalue weighted by Crippen LogP contribution is -2.25. The van der Waals surface area contributed by atoms with Gasteiger partial charge < -0.3 is 4.74 Å². The Morgan fingerprint density at radius 3 is 1.85 bits per heavy atom. The number of nitrogens with zero attached hydrogens (tertiary/aromatic N) is 1. The molecule has 0 N–H and O–H groups in total. The highest BCUT2D eigenvalue weighted by molar-refractivity contribution is 6.00. The van der Waals surface area contributed by atoms with Gasteiger partial charge in [-0.25, -0.2) is 0 Å². The fourth-order valence-corrected chi connectivity index (χ4v) is 2.58. The number of benzene rings is 2. The fraction of sp³-hybridized carbons (Fsp3) is 0.364. The second-order valence-corrected chi connectivity index (χ2v) is 6.68. The molecular weight excluding hydrogens is 326 g/mol. The Hall–Kier alpha value is -2.62. The predicted molar refractivity (Wildman–Crippen MR) is 104 cm³/mol. The Bertz CT molecular complexity index is 644. The van der Waals surface area contributed by atoms with E-state index < -0.39 is 0 Å². The zero-order chi connectivity index (χ0) is 18.8. The third kappa shape index (κ3) is 6.36. The van der Waals surface area contributed by atoms with Crippen LogP contribution in [0, 0.1) is 5.92 Å². The maximum atomic E-state index is 12.8. The lowest BCUT2D eigenvalue weighted by Gasteiger charge is -2.23. The lowest BCUT2D eigenvalue weighted by molar-refractivity contribution is -0.144. The number of para-hydroxylation sites is 2. The molecule has 0 saturated heterocycles. The van der Waals surface area contributed by atoms with E-state index in [0.717, 1.165) is 11.4 Å². The maximum absolute atomic E-state index is 12.8. The minimum atomic E-state index is -0.186. The highest BCUT2D eigenvalue weighted by atomic mass is 16.5. The van der Waals surface area contributed by atoms with Crippen molar-refractivity contribution >= 4 is 23.3 Å². The van der Waals surface area contributed by atoms with Crippen LogP contribution in [0.2, 0.25) is 0 Å². The van der Waals surface area contributed by atoms with Crippen molar-refractivity contribution in [1.29, 1.82) is 0 Å². The van der Waals surface area contributed by atoms with Crippen LogP contribution < -0.4 is 4.90 Å². The molecule has 0 heterocycles. The largest absolute Gasteiger partial charge is 0.465 e. The molecule has 0 fully saturated rings. The van der Waals surface area contributed by atoms with E-state index in [4.69, 9.17) is 4.74 Å². The number of carbonyl (C=O) groups excluding carboxylic acids is 2. The number of anilines is 2. The zero-order valence-electron chi connectivity index (χ0n) is 15.6. The number of hydrogen-bond donors (Lipinski definition) is 0. The molecule has 4 nitrogen and oxygen atoms in total. The molecule has 0 unspecified atom stereocenters. The third-order valence-electron chi connectivity index (χ3n) is 3.88. The van der Waals surface area contributed by atoms with Crippen LogP contribution in [0.25, 0.3) is 0 Å². The molecule has 0 aromatic heterocycles. The first-order valence-corrected chi connectivity index (χ1v) is 9.16. The molecule has 0 aliphatic heterocycles. The van der Waals surface area contributed by atoms with Crippen molar-refractivity contribution in [3.8, 4) is 0 Å². The van der Waals surface area contributed by atoms with E-state index in [2.05, 4.69) is 0 Å². The molecular formula is C22H27NO3. The lowest BCUT2D eigenvalue weighted by atomic mass is 10.1. The van der Waals surface area contributed by atoms with Gasteiger partial charge in [0.05, 0.1) is 6.61 Å². The van der Waals surface area contributed by atoms with Crippen LogP contribution in [0.5, 0.6) is 0 Å². The minimum absolute atomic E-state index is 0.0259. The molecule has 2 rings (SSSR count). The van der Waals surface area contributed by atoms with Gasteiger partial charge in [-0.15, -0.1) is 0 Å². The van der Waals surface area contributed by atoms with Crippen molar-refractivity contribution in [3.63, 3.8) is 0 Å². The molecule has 0 aliphatic carbocycles. The van der Waals surface area contributed by atoms with Gasteiger partial charge in [-0.1, -0.05) is 50.2 Å². The van der Waals surface area contributed by atoms with Gasteiger partial charge in [-0.05, 0) is 43.0 Å². The van der Waals surface area contributed by atoms with Gasteiger partial charge in [-0.2, -0.15) is 0 Å². The molecule has 0 radical (unpaired) electrons. The summed E-state index contributed by atoms with van der Waals surface area (Å²) in [6.07, 6.45) is 2.06. The number of esters is 1. The summed E-state index contributed by atoms with van der Waals surface area (Å²) in [5, 5.41) is 0. The Labute approximate surface area is 155 Å². The first-order valence-electron chi connectivity index (χ1n) is 9.16. The molecule has 0 aliphatic rings. The van der Waals surface area contributed by atoms with Gasteiger partial charge >= 0.3 is 5.97 Å². The van der Waals surface area contributed by atoms with Crippen LogP contribution >= 0.6 is 0 Å². The van der Waals surface area contributed by atoms with E-state index in [9.17, 15) is 9.59 Å². The molecule has 4 heteroatoms. The van der Waals surface area contributed by atoms with Gasteiger partial charge in [0.15, 0.2) is 0 Å². The molecule has 0 saturated carbocycles. The summed E-state index contributed by atoms with van der Waals surface area (Å²) in [4.78, 5) is 26.2. The average Bonchev–Trinajstić information content (AvgIpc) is 2.65. The van der Waals surface area contributed by atoms with Crippen LogP contribution in [0.4, 0.5) is 11.4 Å². The predicted octanol–water partition coefficient (Wildman–Crippen LogP) is 5.11. The number of hydrogen-bond acceptors (Lipinski definition) is 3. The maximum Gasteiger partial charge on any atom is 0.305 e. The molecule has 26 heavy (non-hydrogen) atoms. The van der Waals surface area contributed by atoms with Crippen molar-refractivity contribution in [1.82, 2.24) is 0 Å². The molecule has 2 aromatic carbocycles. The van der Waals surface area contributed by atoms with Gasteiger partial charge in [0.2, 0.25) is 5.91 Å². The van der Waals surface area contributed by atoms with Crippen LogP contribution in [0.15, 0.2) is 60.7 Å². The average molecular weight is 353 g/mol. The normalized spacial score (nSPS) is 10.6. The summed E-state index contributed by atoms with van der Waals surface area (Å²) >= 11 is 0. The first kappa shape index (κ1) is 19.7. The standard InChI is InChI=1S/C22H27NO3/c1-18(2)17-26-22(25)16-10-9-15-21(24)23(19-11-5-3-6-12-19)20-13-7-4-8-14-20/h3-8,11-14,18H,9-10,15-17H2,1-2H3.